The SMILES string of the molecule is O=S(=O)(Nc1nccs1)c1ccc(CO)cc1. The van der Waals surface area contributed by atoms with E-state index in [-0.39, 0.29) is 11.5 Å². The second-order valence-corrected chi connectivity index (χ2v) is 5.82. The molecule has 1 heterocycles. The summed E-state index contributed by atoms with van der Waals surface area (Å²) in [4.78, 5) is 3.99. The van der Waals surface area contributed by atoms with Crippen molar-refractivity contribution in [2.45, 2.75) is 11.5 Å². The Balaban J connectivity index is 2.25. The molecule has 0 radical (unpaired) electrons. The van der Waals surface area contributed by atoms with Crippen LogP contribution in [-0.4, -0.2) is 18.5 Å². The van der Waals surface area contributed by atoms with Crippen molar-refractivity contribution >= 4 is 26.5 Å². The molecule has 1 aromatic heterocycles. The number of aromatic nitrogens is 1. The van der Waals surface area contributed by atoms with E-state index in [1.165, 1.54) is 29.7 Å². The molecule has 2 N–H and O–H groups in total. The molecule has 7 heteroatoms. The van der Waals surface area contributed by atoms with E-state index in [1.54, 1.807) is 17.5 Å². The lowest BCUT2D eigenvalue weighted by atomic mass is 10.2. The van der Waals surface area contributed by atoms with Crippen molar-refractivity contribution < 1.29 is 13.5 Å². The number of benzene rings is 1. The quantitative estimate of drug-likeness (QED) is 0.881. The van der Waals surface area contributed by atoms with Crippen LogP contribution in [0.25, 0.3) is 0 Å². The molecular formula is C10H10N2O3S2. The van der Waals surface area contributed by atoms with Gasteiger partial charge in [0.1, 0.15) is 0 Å². The molecule has 0 unspecified atom stereocenters. The Morgan fingerprint density at radius 2 is 2.00 bits per heavy atom. The van der Waals surface area contributed by atoms with Crippen molar-refractivity contribution in [1.29, 1.82) is 0 Å². The van der Waals surface area contributed by atoms with E-state index in [4.69, 9.17) is 5.11 Å². The highest BCUT2D eigenvalue weighted by Gasteiger charge is 2.14. The Labute approximate surface area is 103 Å². The number of hydrogen-bond donors (Lipinski definition) is 2. The van der Waals surface area contributed by atoms with E-state index in [1.807, 2.05) is 0 Å². The fourth-order valence-corrected chi connectivity index (χ4v) is 3.01. The summed E-state index contributed by atoms with van der Waals surface area (Å²) in [7, 11) is -3.59. The first kappa shape index (κ1) is 12.0. The molecule has 0 fully saturated rings. The van der Waals surface area contributed by atoms with Gasteiger partial charge in [-0.2, -0.15) is 0 Å². The standard InChI is InChI=1S/C10H10N2O3S2/c13-7-8-1-3-9(4-2-8)17(14,15)12-10-11-5-6-16-10/h1-6,13H,7H2,(H,11,12). The molecular weight excluding hydrogens is 260 g/mol. The van der Waals surface area contributed by atoms with Crippen molar-refractivity contribution in [2.24, 2.45) is 0 Å². The molecule has 90 valence electrons. The average molecular weight is 270 g/mol. The Bertz CT molecular complexity index is 577. The number of aliphatic hydroxyl groups is 1. The summed E-state index contributed by atoms with van der Waals surface area (Å²) >= 11 is 1.21. The number of nitrogens with one attached hydrogen (secondary N) is 1. The topological polar surface area (TPSA) is 79.3 Å². The molecule has 0 spiro atoms. The lowest BCUT2D eigenvalue weighted by Crippen LogP contribution is -2.12. The highest BCUT2D eigenvalue weighted by atomic mass is 32.2. The number of sulfonamides is 1. The van der Waals surface area contributed by atoms with Gasteiger partial charge in [0.25, 0.3) is 10.0 Å². The molecule has 0 aliphatic carbocycles. The van der Waals surface area contributed by atoms with Gasteiger partial charge in [0, 0.05) is 11.6 Å². The Hall–Kier alpha value is -1.44. The summed E-state index contributed by atoms with van der Waals surface area (Å²) in [6, 6.07) is 6.02. The molecule has 0 aliphatic heterocycles. The maximum absolute atomic E-state index is 11.9. The smallest absolute Gasteiger partial charge is 0.263 e. The van der Waals surface area contributed by atoms with Crippen LogP contribution in [0.4, 0.5) is 5.13 Å². The third-order valence-electron chi connectivity index (χ3n) is 2.07. The molecule has 5 nitrogen and oxygen atoms in total. The molecule has 1 aromatic carbocycles. The third kappa shape index (κ3) is 2.82. The summed E-state index contributed by atoms with van der Waals surface area (Å²) in [5.74, 6) is 0. The van der Waals surface area contributed by atoms with Crippen molar-refractivity contribution in [2.75, 3.05) is 4.72 Å². The molecule has 17 heavy (non-hydrogen) atoms. The second-order valence-electron chi connectivity index (χ2n) is 3.24. The van der Waals surface area contributed by atoms with E-state index in [0.717, 1.165) is 0 Å². The lowest BCUT2D eigenvalue weighted by Gasteiger charge is -2.05. The molecule has 0 saturated heterocycles. The van der Waals surface area contributed by atoms with Gasteiger partial charge in [-0.1, -0.05) is 12.1 Å². The molecule has 0 saturated carbocycles. The highest BCUT2D eigenvalue weighted by Crippen LogP contribution is 2.18. The van der Waals surface area contributed by atoms with Gasteiger partial charge in [-0.25, -0.2) is 13.4 Å². The maximum Gasteiger partial charge on any atom is 0.263 e. The fourth-order valence-electron chi connectivity index (χ4n) is 1.22. The van der Waals surface area contributed by atoms with Crippen LogP contribution < -0.4 is 4.72 Å². The number of rotatable bonds is 4. The first-order valence-electron chi connectivity index (χ1n) is 4.74. The van der Waals surface area contributed by atoms with Crippen LogP contribution >= 0.6 is 11.3 Å². The van der Waals surface area contributed by atoms with Crippen LogP contribution in [-0.2, 0) is 16.6 Å². The number of hydrogen-bond acceptors (Lipinski definition) is 5. The highest BCUT2D eigenvalue weighted by molar-refractivity contribution is 7.93. The maximum atomic E-state index is 11.9. The normalized spacial score (nSPS) is 11.4. The van der Waals surface area contributed by atoms with Gasteiger partial charge in [-0.3, -0.25) is 4.72 Å². The predicted molar refractivity (Wildman–Crippen MR) is 65.3 cm³/mol. The minimum atomic E-state index is -3.59. The van der Waals surface area contributed by atoms with Crippen LogP contribution in [0.1, 0.15) is 5.56 Å². The Morgan fingerprint density at radius 3 is 2.53 bits per heavy atom. The molecule has 2 aromatic rings. The van der Waals surface area contributed by atoms with Gasteiger partial charge < -0.3 is 5.11 Å². The minimum absolute atomic E-state index is 0.111. The van der Waals surface area contributed by atoms with Gasteiger partial charge in [0.05, 0.1) is 11.5 Å². The third-order valence-corrected chi connectivity index (χ3v) is 4.24. The van der Waals surface area contributed by atoms with Crippen LogP contribution in [0.3, 0.4) is 0 Å². The van der Waals surface area contributed by atoms with Crippen molar-refractivity contribution in [3.05, 3.63) is 41.4 Å². The van der Waals surface area contributed by atoms with Gasteiger partial charge in [0.15, 0.2) is 5.13 Å². The molecule has 0 amide bonds. The Kier molecular flexibility index (Phi) is 3.41. The molecule has 0 atom stereocenters. The van der Waals surface area contributed by atoms with Crippen LogP contribution in [0, 0.1) is 0 Å². The summed E-state index contributed by atoms with van der Waals surface area (Å²) in [6.45, 7) is -0.111. The van der Waals surface area contributed by atoms with E-state index in [9.17, 15) is 8.42 Å². The van der Waals surface area contributed by atoms with Gasteiger partial charge in [-0.15, -0.1) is 11.3 Å². The van der Waals surface area contributed by atoms with Crippen LogP contribution in [0.2, 0.25) is 0 Å². The minimum Gasteiger partial charge on any atom is -0.392 e. The molecule has 0 bridgehead atoms. The van der Waals surface area contributed by atoms with Gasteiger partial charge >= 0.3 is 0 Å². The van der Waals surface area contributed by atoms with E-state index in [2.05, 4.69) is 9.71 Å². The van der Waals surface area contributed by atoms with Gasteiger partial charge in [0.2, 0.25) is 0 Å². The number of anilines is 1. The van der Waals surface area contributed by atoms with Crippen molar-refractivity contribution in [3.63, 3.8) is 0 Å². The number of aliphatic hydroxyl groups excluding tert-OH is 1. The predicted octanol–water partition coefficient (Wildman–Crippen LogP) is 1.44. The first-order valence-corrected chi connectivity index (χ1v) is 7.10. The van der Waals surface area contributed by atoms with Crippen molar-refractivity contribution in [1.82, 2.24) is 4.98 Å². The zero-order valence-electron chi connectivity index (χ0n) is 8.70. The summed E-state index contributed by atoms with van der Waals surface area (Å²) in [5.41, 5.74) is 0.665. The van der Waals surface area contributed by atoms with E-state index < -0.39 is 10.0 Å². The lowest BCUT2D eigenvalue weighted by molar-refractivity contribution is 0.282. The number of nitrogens with zero attached hydrogens (tertiary/aromatic N) is 1. The van der Waals surface area contributed by atoms with Crippen molar-refractivity contribution in [3.8, 4) is 0 Å². The average Bonchev–Trinajstić information content (AvgIpc) is 2.81. The molecule has 2 rings (SSSR count). The fraction of sp³-hybridized carbons (Fsp3) is 0.100. The Morgan fingerprint density at radius 1 is 1.29 bits per heavy atom. The van der Waals surface area contributed by atoms with E-state index in [0.29, 0.717) is 10.7 Å². The van der Waals surface area contributed by atoms with Crippen LogP contribution in [0.5, 0.6) is 0 Å². The summed E-state index contributed by atoms with van der Waals surface area (Å²) < 4.78 is 26.2. The van der Waals surface area contributed by atoms with E-state index >= 15 is 0 Å². The zero-order valence-corrected chi connectivity index (χ0v) is 10.3. The zero-order chi connectivity index (χ0) is 12.3. The summed E-state index contributed by atoms with van der Waals surface area (Å²) in [6.07, 6.45) is 1.53. The monoisotopic (exact) mass is 270 g/mol. The molecule has 0 aliphatic rings. The first-order chi connectivity index (χ1) is 8.12. The number of thiazole rings is 1. The second kappa shape index (κ2) is 4.82. The summed E-state index contributed by atoms with van der Waals surface area (Å²) in [5, 5.41) is 10.9. The van der Waals surface area contributed by atoms with Gasteiger partial charge in [-0.05, 0) is 17.7 Å². The van der Waals surface area contributed by atoms with Crippen LogP contribution in [0.15, 0.2) is 40.7 Å². The largest absolute Gasteiger partial charge is 0.392 e.